The van der Waals surface area contributed by atoms with Gasteiger partial charge in [0.2, 0.25) is 11.0 Å². The number of carbonyl (C=O) groups excluding carboxylic acids is 1. The van der Waals surface area contributed by atoms with Crippen LogP contribution in [0, 0.1) is 5.82 Å². The molecule has 0 radical (unpaired) electrons. The van der Waals surface area contributed by atoms with E-state index in [9.17, 15) is 9.18 Å². The third kappa shape index (κ3) is 4.43. The maximum absolute atomic E-state index is 13.1. The van der Waals surface area contributed by atoms with Crippen LogP contribution in [-0.4, -0.2) is 16.1 Å². The quantitative estimate of drug-likeness (QED) is 0.781. The number of rotatable bonds is 5. The molecule has 3 aromatic rings. The summed E-state index contributed by atoms with van der Waals surface area (Å²) in [7, 11) is 0. The van der Waals surface area contributed by atoms with Crippen molar-refractivity contribution in [3.8, 4) is 0 Å². The van der Waals surface area contributed by atoms with Crippen molar-refractivity contribution in [1.82, 2.24) is 10.2 Å². The fourth-order valence-electron chi connectivity index (χ4n) is 2.14. The number of amides is 1. The summed E-state index contributed by atoms with van der Waals surface area (Å²) in [5, 5.41) is 12.0. The molecule has 116 valence electrons. The number of hydrogen-bond acceptors (Lipinski definition) is 4. The minimum absolute atomic E-state index is 0.103. The first-order valence-electron chi connectivity index (χ1n) is 7.09. The first-order valence-corrected chi connectivity index (χ1v) is 7.91. The number of anilines is 1. The van der Waals surface area contributed by atoms with E-state index in [0.29, 0.717) is 17.1 Å². The zero-order valence-corrected chi connectivity index (χ0v) is 13.0. The fourth-order valence-corrected chi connectivity index (χ4v) is 2.93. The highest BCUT2D eigenvalue weighted by Gasteiger charge is 2.10. The molecule has 1 amide bonds. The molecule has 0 aliphatic rings. The van der Waals surface area contributed by atoms with Crippen molar-refractivity contribution in [2.75, 3.05) is 5.32 Å². The van der Waals surface area contributed by atoms with E-state index < -0.39 is 0 Å². The van der Waals surface area contributed by atoms with E-state index in [-0.39, 0.29) is 18.1 Å². The highest BCUT2D eigenvalue weighted by atomic mass is 32.1. The lowest BCUT2D eigenvalue weighted by Gasteiger charge is -2.01. The summed E-state index contributed by atoms with van der Waals surface area (Å²) in [6.45, 7) is 0. The zero-order valence-electron chi connectivity index (χ0n) is 12.2. The standard InChI is InChI=1S/C17H14FN3OS/c18-14-8-4-7-13(9-14)10-15(22)19-17-21-20-16(23-17)11-12-5-2-1-3-6-12/h1-9H,10-11H2,(H,19,21,22). The van der Waals surface area contributed by atoms with Gasteiger partial charge in [-0.3, -0.25) is 4.79 Å². The summed E-state index contributed by atoms with van der Waals surface area (Å²) in [5.41, 5.74) is 1.76. The highest BCUT2D eigenvalue weighted by molar-refractivity contribution is 7.15. The Hall–Kier alpha value is -2.60. The molecule has 0 unspecified atom stereocenters. The van der Waals surface area contributed by atoms with Gasteiger partial charge in [-0.1, -0.05) is 53.8 Å². The molecule has 2 aromatic carbocycles. The Morgan fingerprint density at radius 1 is 1.04 bits per heavy atom. The van der Waals surface area contributed by atoms with Crippen molar-refractivity contribution in [2.24, 2.45) is 0 Å². The van der Waals surface area contributed by atoms with Crippen LogP contribution in [0.2, 0.25) is 0 Å². The van der Waals surface area contributed by atoms with E-state index in [4.69, 9.17) is 0 Å². The third-order valence-corrected chi connectivity index (χ3v) is 4.00. The van der Waals surface area contributed by atoms with Crippen LogP contribution in [0.5, 0.6) is 0 Å². The first-order chi connectivity index (χ1) is 11.2. The molecule has 0 aliphatic carbocycles. The normalized spacial score (nSPS) is 10.5. The number of carbonyl (C=O) groups is 1. The van der Waals surface area contributed by atoms with Crippen LogP contribution in [0.4, 0.5) is 9.52 Å². The Labute approximate surface area is 137 Å². The predicted octanol–water partition coefficient (Wildman–Crippen LogP) is 3.45. The lowest BCUT2D eigenvalue weighted by atomic mass is 10.1. The summed E-state index contributed by atoms with van der Waals surface area (Å²) in [5.74, 6) is -0.589. The van der Waals surface area contributed by atoms with Crippen molar-refractivity contribution < 1.29 is 9.18 Å². The topological polar surface area (TPSA) is 54.9 Å². The largest absolute Gasteiger partial charge is 0.300 e. The zero-order chi connectivity index (χ0) is 16.1. The van der Waals surface area contributed by atoms with E-state index in [1.807, 2.05) is 30.3 Å². The van der Waals surface area contributed by atoms with Gasteiger partial charge >= 0.3 is 0 Å². The number of nitrogens with zero attached hydrogens (tertiary/aromatic N) is 2. The smallest absolute Gasteiger partial charge is 0.230 e. The van der Waals surface area contributed by atoms with Crippen LogP contribution in [0.15, 0.2) is 54.6 Å². The lowest BCUT2D eigenvalue weighted by Crippen LogP contribution is -2.14. The number of nitrogens with one attached hydrogen (secondary N) is 1. The predicted molar refractivity (Wildman–Crippen MR) is 87.9 cm³/mol. The Morgan fingerprint density at radius 2 is 1.83 bits per heavy atom. The second-order valence-corrected chi connectivity index (χ2v) is 6.08. The highest BCUT2D eigenvalue weighted by Crippen LogP contribution is 2.18. The second kappa shape index (κ2) is 7.11. The lowest BCUT2D eigenvalue weighted by molar-refractivity contribution is -0.115. The van der Waals surface area contributed by atoms with Crippen LogP contribution >= 0.6 is 11.3 Å². The molecule has 4 nitrogen and oxygen atoms in total. The molecular weight excluding hydrogens is 313 g/mol. The molecule has 0 bridgehead atoms. The molecule has 23 heavy (non-hydrogen) atoms. The average molecular weight is 327 g/mol. The van der Waals surface area contributed by atoms with Gasteiger partial charge in [0.05, 0.1) is 6.42 Å². The van der Waals surface area contributed by atoms with Gasteiger partial charge in [-0.05, 0) is 23.3 Å². The summed E-state index contributed by atoms with van der Waals surface area (Å²) in [6, 6.07) is 15.9. The van der Waals surface area contributed by atoms with Crippen LogP contribution in [0.3, 0.4) is 0 Å². The third-order valence-electron chi connectivity index (χ3n) is 3.17. The van der Waals surface area contributed by atoms with E-state index in [2.05, 4.69) is 15.5 Å². The Bertz CT molecular complexity index is 804. The minimum atomic E-state index is -0.351. The number of aromatic nitrogens is 2. The first kappa shape index (κ1) is 15.3. The van der Waals surface area contributed by atoms with Gasteiger partial charge in [-0.2, -0.15) is 0 Å². The fraction of sp³-hybridized carbons (Fsp3) is 0.118. The summed E-state index contributed by atoms with van der Waals surface area (Å²) in [6.07, 6.45) is 0.781. The maximum Gasteiger partial charge on any atom is 0.230 e. The van der Waals surface area contributed by atoms with Crippen molar-refractivity contribution >= 4 is 22.4 Å². The number of hydrogen-bond donors (Lipinski definition) is 1. The van der Waals surface area contributed by atoms with Crippen LogP contribution < -0.4 is 5.32 Å². The molecule has 0 saturated heterocycles. The average Bonchev–Trinajstić information content (AvgIpc) is 2.95. The molecule has 6 heteroatoms. The van der Waals surface area contributed by atoms with Gasteiger partial charge < -0.3 is 5.32 Å². The summed E-state index contributed by atoms with van der Waals surface area (Å²) in [4.78, 5) is 12.0. The van der Waals surface area contributed by atoms with Crippen molar-refractivity contribution in [1.29, 1.82) is 0 Å². The molecular formula is C17H14FN3OS. The van der Waals surface area contributed by atoms with Gasteiger partial charge in [0.1, 0.15) is 10.8 Å². The van der Waals surface area contributed by atoms with E-state index in [0.717, 1.165) is 10.6 Å². The molecule has 0 atom stereocenters. The number of halogens is 1. The molecule has 1 N–H and O–H groups in total. The van der Waals surface area contributed by atoms with E-state index in [1.54, 1.807) is 12.1 Å². The van der Waals surface area contributed by atoms with E-state index >= 15 is 0 Å². The molecule has 1 aromatic heterocycles. The van der Waals surface area contributed by atoms with Gasteiger partial charge in [0.25, 0.3) is 0 Å². The molecule has 0 spiro atoms. The van der Waals surface area contributed by atoms with Crippen LogP contribution in [0.25, 0.3) is 0 Å². The Balaban J connectivity index is 1.59. The maximum atomic E-state index is 13.1. The van der Waals surface area contributed by atoms with Crippen LogP contribution in [-0.2, 0) is 17.6 Å². The molecule has 0 fully saturated rings. The SMILES string of the molecule is O=C(Cc1cccc(F)c1)Nc1nnc(Cc2ccccc2)s1. The van der Waals surface area contributed by atoms with Gasteiger partial charge in [0.15, 0.2) is 0 Å². The van der Waals surface area contributed by atoms with Crippen molar-refractivity contribution in [2.45, 2.75) is 12.8 Å². The summed E-state index contributed by atoms with van der Waals surface area (Å²) >= 11 is 1.34. The summed E-state index contributed by atoms with van der Waals surface area (Å²) < 4.78 is 13.1. The van der Waals surface area contributed by atoms with Gasteiger partial charge in [-0.25, -0.2) is 4.39 Å². The Kier molecular flexibility index (Phi) is 4.73. The van der Waals surface area contributed by atoms with Gasteiger partial charge in [0, 0.05) is 6.42 Å². The van der Waals surface area contributed by atoms with Crippen molar-refractivity contribution in [3.05, 3.63) is 76.5 Å². The van der Waals surface area contributed by atoms with Gasteiger partial charge in [-0.15, -0.1) is 10.2 Å². The van der Waals surface area contributed by atoms with E-state index in [1.165, 1.54) is 23.5 Å². The Morgan fingerprint density at radius 3 is 2.61 bits per heavy atom. The molecule has 0 saturated carbocycles. The molecule has 0 aliphatic heterocycles. The number of benzene rings is 2. The minimum Gasteiger partial charge on any atom is -0.300 e. The van der Waals surface area contributed by atoms with Crippen molar-refractivity contribution in [3.63, 3.8) is 0 Å². The van der Waals surface area contributed by atoms with Crippen LogP contribution in [0.1, 0.15) is 16.1 Å². The monoisotopic (exact) mass is 327 g/mol. The molecule has 1 heterocycles. The second-order valence-electron chi connectivity index (χ2n) is 5.02. The molecule has 3 rings (SSSR count).